The van der Waals surface area contributed by atoms with Gasteiger partial charge in [0.15, 0.2) is 0 Å². The molecule has 4 aromatic carbocycles. The number of carbonyl (C=O) groups is 7. The van der Waals surface area contributed by atoms with Crippen molar-refractivity contribution < 1.29 is 38.7 Å². The van der Waals surface area contributed by atoms with Crippen LogP contribution in [0.25, 0.3) is 11.1 Å². The van der Waals surface area contributed by atoms with Crippen molar-refractivity contribution in [1.29, 1.82) is 0 Å². The first kappa shape index (κ1) is 44.4. The molecule has 0 radical (unpaired) electrons. The van der Waals surface area contributed by atoms with Crippen LogP contribution in [0.4, 0.5) is 5.69 Å². The molecule has 0 spiro atoms. The highest BCUT2D eigenvalue weighted by Crippen LogP contribution is 2.21. The normalized spacial score (nSPS) is 19.1. The van der Waals surface area contributed by atoms with Crippen LogP contribution < -0.4 is 31.9 Å². The van der Waals surface area contributed by atoms with Crippen molar-refractivity contribution in [2.75, 3.05) is 11.9 Å². The highest BCUT2D eigenvalue weighted by molar-refractivity contribution is 7.09. The van der Waals surface area contributed by atoms with Crippen LogP contribution in [-0.4, -0.2) is 77.2 Å². The molecular weight excluding hydrogens is 809 g/mol. The van der Waals surface area contributed by atoms with Crippen molar-refractivity contribution in [2.45, 2.75) is 69.1 Å². The quantitative estimate of drug-likeness (QED) is 0.0965. The number of carbonyl (C=O) groups excluding carboxylic acids is 6. The molecule has 2 aliphatic rings. The highest BCUT2D eigenvalue weighted by atomic mass is 32.1. The fraction of sp³-hybridized carbons (Fsp3) is 0.255. The Morgan fingerprint density at radius 2 is 1.23 bits per heavy atom. The topological polar surface area (TPSA) is 212 Å². The first-order valence-corrected chi connectivity index (χ1v) is 21.2. The lowest BCUT2D eigenvalue weighted by molar-refractivity contribution is -0.138. The Labute approximate surface area is 362 Å². The van der Waals surface area contributed by atoms with E-state index in [-0.39, 0.29) is 38.5 Å². The number of hydrogen-bond donors (Lipinski definition) is 7. The number of thiophene rings is 1. The third kappa shape index (κ3) is 13.4. The summed E-state index contributed by atoms with van der Waals surface area (Å²) in [5, 5.41) is 27.4. The van der Waals surface area contributed by atoms with Gasteiger partial charge in [0, 0.05) is 42.7 Å². The van der Waals surface area contributed by atoms with E-state index in [0.717, 1.165) is 21.6 Å². The Kier molecular flexibility index (Phi) is 15.7. The SMILES string of the molecule is O=C(O)CNC(=O)[C@@H]1Cc2ccc(cc2)NC(=O)CCC(=O)N[C@H](Cc2cccs2)C(=O)N[C@@H](Cc2ccc(-c3ccccc3)cc2)C(=O)N[C@H](CCc2ccccc2)C(=O)N1. The van der Waals surface area contributed by atoms with Crippen LogP contribution >= 0.6 is 11.3 Å². The zero-order valence-electron chi connectivity index (χ0n) is 33.8. The molecule has 0 saturated carbocycles. The lowest BCUT2D eigenvalue weighted by Gasteiger charge is -2.27. The number of fused-ring (bicyclic) bond motifs is 18. The fourth-order valence-electron chi connectivity index (χ4n) is 6.96. The zero-order valence-corrected chi connectivity index (χ0v) is 34.6. The van der Waals surface area contributed by atoms with Crippen LogP contribution in [0.1, 0.15) is 40.8 Å². The molecule has 6 amide bonds. The van der Waals surface area contributed by atoms with E-state index in [0.29, 0.717) is 23.2 Å². The summed E-state index contributed by atoms with van der Waals surface area (Å²) in [4.78, 5) is 95.0. The molecule has 7 rings (SSSR count). The van der Waals surface area contributed by atoms with Gasteiger partial charge in [0.05, 0.1) is 0 Å². The number of rotatable bonds is 11. The highest BCUT2D eigenvalue weighted by Gasteiger charge is 2.32. The molecule has 15 heteroatoms. The second-order valence-corrected chi connectivity index (χ2v) is 16.0. The Hall–Kier alpha value is -7.13. The minimum atomic E-state index is -1.28. The van der Waals surface area contributed by atoms with Crippen LogP contribution in [0.3, 0.4) is 0 Å². The standard InChI is InChI=1S/C47H48N6O8S/c54-41-23-24-42(55)50-40(28-36-12-7-25-62-36)47(61)53-39(27-31-13-18-34(19-14-31)33-10-5-2-6-11-33)46(60)51-37(22-17-30-8-3-1-4-9-30)45(59)52-38(44(58)48-29-43(56)57)26-32-15-20-35(49-41)21-16-32/h1-16,18-21,25,37-40H,17,22-24,26-29H2,(H,48,58)(H,49,54)(H,50,55)(H,51,60)(H,52,59)(H,53,61)(H,56,57)/t37-,38+,39+,40-/m1/s1. The predicted octanol–water partition coefficient (Wildman–Crippen LogP) is 3.95. The van der Waals surface area contributed by atoms with Gasteiger partial charge in [0.1, 0.15) is 30.7 Å². The van der Waals surface area contributed by atoms with E-state index >= 15 is 0 Å². The van der Waals surface area contributed by atoms with Crippen LogP contribution in [0.15, 0.2) is 127 Å². The van der Waals surface area contributed by atoms with Gasteiger partial charge in [0.2, 0.25) is 35.4 Å². The first-order valence-electron chi connectivity index (χ1n) is 20.3. The van der Waals surface area contributed by atoms with Crippen molar-refractivity contribution in [1.82, 2.24) is 26.6 Å². The number of amides is 6. The molecule has 0 unspecified atom stereocenters. The number of carboxylic acids is 1. The summed E-state index contributed by atoms with van der Waals surface area (Å²) in [7, 11) is 0. The number of nitrogens with one attached hydrogen (secondary N) is 6. The molecule has 4 atom stereocenters. The molecule has 1 aromatic heterocycles. The third-order valence-corrected chi connectivity index (χ3v) is 11.2. The van der Waals surface area contributed by atoms with E-state index < -0.39 is 72.1 Å². The summed E-state index contributed by atoms with van der Waals surface area (Å²) >= 11 is 1.40. The summed E-state index contributed by atoms with van der Waals surface area (Å²) in [5.41, 5.74) is 4.51. The lowest BCUT2D eigenvalue weighted by atomic mass is 9.99. The number of hydrogen-bond acceptors (Lipinski definition) is 8. The van der Waals surface area contributed by atoms with E-state index in [1.165, 1.54) is 11.3 Å². The monoisotopic (exact) mass is 856 g/mol. The van der Waals surface area contributed by atoms with Gasteiger partial charge in [-0.15, -0.1) is 11.3 Å². The summed E-state index contributed by atoms with van der Waals surface area (Å²) < 4.78 is 0. The largest absolute Gasteiger partial charge is 0.480 e. The zero-order chi connectivity index (χ0) is 43.8. The number of benzene rings is 4. The van der Waals surface area contributed by atoms with Gasteiger partial charge >= 0.3 is 5.97 Å². The first-order chi connectivity index (χ1) is 30.0. The maximum absolute atomic E-state index is 14.6. The average molecular weight is 857 g/mol. The Morgan fingerprint density at radius 1 is 0.613 bits per heavy atom. The Bertz CT molecular complexity index is 2320. The maximum atomic E-state index is 14.6. The molecule has 0 aliphatic carbocycles. The van der Waals surface area contributed by atoms with Crippen molar-refractivity contribution in [3.8, 4) is 11.1 Å². The molecule has 2 aliphatic heterocycles. The molecule has 7 N–H and O–H groups in total. The van der Waals surface area contributed by atoms with Crippen LogP contribution in [0.2, 0.25) is 0 Å². The molecule has 14 nitrogen and oxygen atoms in total. The lowest BCUT2D eigenvalue weighted by Crippen LogP contribution is -2.59. The van der Waals surface area contributed by atoms with Gasteiger partial charge in [-0.05, 0) is 64.2 Å². The molecule has 62 heavy (non-hydrogen) atoms. The van der Waals surface area contributed by atoms with Gasteiger partial charge in [-0.25, -0.2) is 0 Å². The van der Waals surface area contributed by atoms with Crippen molar-refractivity contribution >= 4 is 58.4 Å². The minimum Gasteiger partial charge on any atom is -0.480 e. The molecule has 2 bridgehead atoms. The van der Waals surface area contributed by atoms with Crippen LogP contribution in [0, 0.1) is 0 Å². The number of anilines is 1. The van der Waals surface area contributed by atoms with E-state index in [1.807, 2.05) is 102 Å². The van der Waals surface area contributed by atoms with Gasteiger partial charge in [-0.3, -0.25) is 33.6 Å². The summed E-state index contributed by atoms with van der Waals surface area (Å²) in [6.45, 7) is -0.692. The van der Waals surface area contributed by atoms with Crippen LogP contribution in [-0.2, 0) is 59.2 Å². The Morgan fingerprint density at radius 3 is 1.89 bits per heavy atom. The Balaban J connectivity index is 1.35. The van der Waals surface area contributed by atoms with Crippen molar-refractivity contribution in [3.05, 3.63) is 148 Å². The summed E-state index contributed by atoms with van der Waals surface area (Å²) in [5.74, 6) is -5.08. The summed E-state index contributed by atoms with van der Waals surface area (Å²) in [6, 6.07) is 31.9. The van der Waals surface area contributed by atoms with Crippen molar-refractivity contribution in [2.24, 2.45) is 0 Å². The number of aryl methyl sites for hydroxylation is 1. The molecule has 320 valence electrons. The number of aliphatic carboxylic acids is 1. The van der Waals surface area contributed by atoms with E-state index in [9.17, 15) is 38.7 Å². The van der Waals surface area contributed by atoms with Crippen molar-refractivity contribution in [3.63, 3.8) is 0 Å². The fourth-order valence-corrected chi connectivity index (χ4v) is 7.71. The smallest absolute Gasteiger partial charge is 0.322 e. The van der Waals surface area contributed by atoms with Gasteiger partial charge < -0.3 is 37.0 Å². The molecular formula is C47H48N6O8S. The number of carboxylic acid groups (broad SMARTS) is 1. The molecule has 0 fully saturated rings. The van der Waals surface area contributed by atoms with E-state index in [2.05, 4.69) is 31.9 Å². The molecule has 5 aromatic rings. The van der Waals surface area contributed by atoms with E-state index in [4.69, 9.17) is 0 Å². The minimum absolute atomic E-state index is 0.00947. The second kappa shape index (κ2) is 21.9. The second-order valence-electron chi connectivity index (χ2n) is 14.9. The van der Waals surface area contributed by atoms with E-state index in [1.54, 1.807) is 24.3 Å². The van der Waals surface area contributed by atoms with Crippen LogP contribution in [0.5, 0.6) is 0 Å². The van der Waals surface area contributed by atoms with Gasteiger partial charge in [0.25, 0.3) is 0 Å². The predicted molar refractivity (Wildman–Crippen MR) is 235 cm³/mol. The summed E-state index contributed by atoms with van der Waals surface area (Å²) in [6.07, 6.45) is 0.107. The molecule has 0 saturated heterocycles. The van der Waals surface area contributed by atoms with Gasteiger partial charge in [-0.1, -0.05) is 103 Å². The molecule has 3 heterocycles. The van der Waals surface area contributed by atoms with Gasteiger partial charge in [-0.2, -0.15) is 0 Å². The average Bonchev–Trinajstić information content (AvgIpc) is 3.80. The maximum Gasteiger partial charge on any atom is 0.322 e. The third-order valence-electron chi connectivity index (χ3n) is 10.3.